The number of hydrogen-bond donors (Lipinski definition) is 2. The van der Waals surface area contributed by atoms with Crippen LogP contribution >= 0.6 is 11.6 Å². The van der Waals surface area contributed by atoms with E-state index in [1.165, 1.54) is 0 Å². The topological polar surface area (TPSA) is 41.1 Å². The van der Waals surface area contributed by atoms with Crippen molar-refractivity contribution in [1.82, 2.24) is 10.6 Å². The number of likely N-dealkylation sites (N-methyl/N-ethyl adjacent to an activating group) is 1. The quantitative estimate of drug-likeness (QED) is 0.867. The first kappa shape index (κ1) is 14.0. The molecule has 0 heterocycles. The molecule has 17 heavy (non-hydrogen) atoms. The Labute approximate surface area is 108 Å². The second kappa shape index (κ2) is 5.52. The average Bonchev–Trinajstić information content (AvgIpc) is 2.29. The third-order valence-electron chi connectivity index (χ3n) is 2.91. The summed E-state index contributed by atoms with van der Waals surface area (Å²) in [5.41, 5.74) is 0.468. The van der Waals surface area contributed by atoms with Crippen LogP contribution in [0.4, 0.5) is 0 Å². The van der Waals surface area contributed by atoms with Crippen molar-refractivity contribution in [2.45, 2.75) is 32.4 Å². The van der Waals surface area contributed by atoms with Crippen molar-refractivity contribution in [2.75, 3.05) is 7.05 Å². The van der Waals surface area contributed by atoms with E-state index in [0.29, 0.717) is 5.02 Å². The highest BCUT2D eigenvalue weighted by atomic mass is 35.5. The van der Waals surface area contributed by atoms with Crippen molar-refractivity contribution in [3.05, 3.63) is 34.9 Å². The summed E-state index contributed by atoms with van der Waals surface area (Å²) in [6, 6.07) is 7.44. The van der Waals surface area contributed by atoms with Crippen molar-refractivity contribution < 1.29 is 4.79 Å². The van der Waals surface area contributed by atoms with Gasteiger partial charge in [0.2, 0.25) is 5.91 Å². The maximum absolute atomic E-state index is 11.9. The predicted molar refractivity (Wildman–Crippen MR) is 71.1 cm³/mol. The summed E-state index contributed by atoms with van der Waals surface area (Å²) in [5.74, 6) is -0.0255. The van der Waals surface area contributed by atoms with Crippen LogP contribution in [0.5, 0.6) is 0 Å². The Kier molecular flexibility index (Phi) is 4.54. The van der Waals surface area contributed by atoms with Gasteiger partial charge in [-0.3, -0.25) is 4.79 Å². The molecule has 1 amide bonds. The molecule has 94 valence electrons. The monoisotopic (exact) mass is 254 g/mol. The van der Waals surface area contributed by atoms with Gasteiger partial charge in [0.05, 0.1) is 11.6 Å². The minimum atomic E-state index is -0.569. The number of nitrogens with one attached hydrogen (secondary N) is 2. The second-order valence-electron chi connectivity index (χ2n) is 4.62. The summed E-state index contributed by atoms with van der Waals surface area (Å²) in [4.78, 5) is 11.9. The Balaban J connectivity index is 2.70. The van der Waals surface area contributed by atoms with Crippen LogP contribution in [0.15, 0.2) is 24.3 Å². The van der Waals surface area contributed by atoms with E-state index in [2.05, 4.69) is 10.6 Å². The molecule has 1 aromatic rings. The molecule has 0 saturated heterocycles. The fraction of sp³-hybridized carbons (Fsp3) is 0.462. The van der Waals surface area contributed by atoms with Gasteiger partial charge >= 0.3 is 0 Å². The van der Waals surface area contributed by atoms with E-state index in [-0.39, 0.29) is 11.9 Å². The Morgan fingerprint density at radius 2 is 1.82 bits per heavy atom. The van der Waals surface area contributed by atoms with Crippen molar-refractivity contribution in [1.29, 1.82) is 0 Å². The molecule has 0 fully saturated rings. The number of halogens is 1. The Bertz CT molecular complexity index is 387. The van der Waals surface area contributed by atoms with Crippen LogP contribution in [0.3, 0.4) is 0 Å². The number of rotatable bonds is 4. The van der Waals surface area contributed by atoms with Gasteiger partial charge in [-0.05, 0) is 45.5 Å². The van der Waals surface area contributed by atoms with Gasteiger partial charge < -0.3 is 10.6 Å². The highest BCUT2D eigenvalue weighted by molar-refractivity contribution is 6.30. The van der Waals surface area contributed by atoms with Crippen LogP contribution in [0.25, 0.3) is 0 Å². The number of carbonyl (C=O) groups is 1. The molecular weight excluding hydrogens is 236 g/mol. The molecule has 0 aliphatic carbocycles. The van der Waals surface area contributed by atoms with E-state index in [0.717, 1.165) is 5.56 Å². The average molecular weight is 255 g/mol. The number of hydrogen-bond acceptors (Lipinski definition) is 2. The third-order valence-corrected chi connectivity index (χ3v) is 3.16. The zero-order chi connectivity index (χ0) is 13.1. The molecule has 0 spiro atoms. The summed E-state index contributed by atoms with van der Waals surface area (Å²) in [6.45, 7) is 5.64. The lowest BCUT2D eigenvalue weighted by Gasteiger charge is -2.25. The van der Waals surface area contributed by atoms with Crippen molar-refractivity contribution in [2.24, 2.45) is 0 Å². The van der Waals surface area contributed by atoms with E-state index in [1.54, 1.807) is 7.05 Å². The van der Waals surface area contributed by atoms with Crippen LogP contribution < -0.4 is 10.6 Å². The van der Waals surface area contributed by atoms with Gasteiger partial charge in [-0.2, -0.15) is 0 Å². The smallest absolute Gasteiger partial charge is 0.240 e. The van der Waals surface area contributed by atoms with E-state index < -0.39 is 5.54 Å². The normalized spacial score (nSPS) is 13.2. The molecule has 0 aromatic heterocycles. The zero-order valence-electron chi connectivity index (χ0n) is 10.7. The van der Waals surface area contributed by atoms with E-state index in [4.69, 9.17) is 11.6 Å². The van der Waals surface area contributed by atoms with E-state index in [9.17, 15) is 4.79 Å². The number of amides is 1. The molecule has 1 aromatic carbocycles. The SMILES string of the molecule is CNC(C)(C)C(=O)N[C@H](C)c1ccc(Cl)cc1. The third kappa shape index (κ3) is 3.72. The Hall–Kier alpha value is -1.06. The molecule has 0 aliphatic heterocycles. The summed E-state index contributed by atoms with van der Waals surface area (Å²) >= 11 is 5.82. The zero-order valence-corrected chi connectivity index (χ0v) is 11.4. The van der Waals surface area contributed by atoms with Gasteiger partial charge in [-0.15, -0.1) is 0 Å². The molecule has 4 heteroatoms. The van der Waals surface area contributed by atoms with Crippen LogP contribution in [-0.4, -0.2) is 18.5 Å². The van der Waals surface area contributed by atoms with Crippen LogP contribution in [0.1, 0.15) is 32.4 Å². The first-order valence-corrected chi connectivity index (χ1v) is 6.00. The van der Waals surface area contributed by atoms with Gasteiger partial charge in [-0.1, -0.05) is 23.7 Å². The molecule has 2 N–H and O–H groups in total. The lowest BCUT2D eigenvalue weighted by Crippen LogP contribution is -2.51. The van der Waals surface area contributed by atoms with Crippen LogP contribution in [-0.2, 0) is 4.79 Å². The maximum Gasteiger partial charge on any atom is 0.240 e. The van der Waals surface area contributed by atoms with E-state index >= 15 is 0 Å². The lowest BCUT2D eigenvalue weighted by molar-refractivity contribution is -0.126. The fourth-order valence-electron chi connectivity index (χ4n) is 1.33. The first-order chi connectivity index (χ1) is 7.86. The van der Waals surface area contributed by atoms with Gasteiger partial charge in [0.1, 0.15) is 0 Å². The molecule has 1 atom stereocenters. The van der Waals surface area contributed by atoms with Crippen molar-refractivity contribution in [3.63, 3.8) is 0 Å². The Morgan fingerprint density at radius 3 is 2.29 bits per heavy atom. The summed E-state index contributed by atoms with van der Waals surface area (Å²) in [6.07, 6.45) is 0. The number of benzene rings is 1. The lowest BCUT2D eigenvalue weighted by atomic mass is 10.0. The van der Waals surface area contributed by atoms with E-state index in [1.807, 2.05) is 45.0 Å². The van der Waals surface area contributed by atoms with Gasteiger partial charge in [-0.25, -0.2) is 0 Å². The number of carbonyl (C=O) groups excluding carboxylic acids is 1. The minimum absolute atomic E-state index is 0.0255. The van der Waals surface area contributed by atoms with Gasteiger partial charge in [0, 0.05) is 5.02 Å². The summed E-state index contributed by atoms with van der Waals surface area (Å²) in [7, 11) is 1.77. The Morgan fingerprint density at radius 1 is 1.29 bits per heavy atom. The molecular formula is C13H19ClN2O. The van der Waals surface area contributed by atoms with Crippen LogP contribution in [0, 0.1) is 0 Å². The molecule has 3 nitrogen and oxygen atoms in total. The largest absolute Gasteiger partial charge is 0.348 e. The fourth-order valence-corrected chi connectivity index (χ4v) is 1.45. The highest BCUT2D eigenvalue weighted by Crippen LogP contribution is 2.16. The summed E-state index contributed by atoms with van der Waals surface area (Å²) in [5, 5.41) is 6.63. The molecule has 0 bridgehead atoms. The molecule has 0 unspecified atom stereocenters. The van der Waals surface area contributed by atoms with Crippen LogP contribution in [0.2, 0.25) is 5.02 Å². The van der Waals surface area contributed by atoms with Gasteiger partial charge in [0.15, 0.2) is 0 Å². The predicted octanol–water partition coefficient (Wildman–Crippen LogP) is 2.52. The first-order valence-electron chi connectivity index (χ1n) is 5.62. The maximum atomic E-state index is 11.9. The van der Waals surface area contributed by atoms with Crippen molar-refractivity contribution >= 4 is 17.5 Å². The summed E-state index contributed by atoms with van der Waals surface area (Å²) < 4.78 is 0. The minimum Gasteiger partial charge on any atom is -0.348 e. The standard InChI is InChI=1S/C13H19ClN2O/c1-9(10-5-7-11(14)8-6-10)16-12(17)13(2,3)15-4/h5-9,15H,1-4H3,(H,16,17)/t9-/m1/s1. The molecule has 0 radical (unpaired) electrons. The highest BCUT2D eigenvalue weighted by Gasteiger charge is 2.26. The molecule has 1 rings (SSSR count). The van der Waals surface area contributed by atoms with Crippen molar-refractivity contribution in [3.8, 4) is 0 Å². The molecule has 0 aliphatic rings. The van der Waals surface area contributed by atoms with Gasteiger partial charge in [0.25, 0.3) is 0 Å². The molecule has 0 saturated carbocycles. The second-order valence-corrected chi connectivity index (χ2v) is 5.06.